The number of aromatic amines is 1. The Balaban J connectivity index is 1.87. The first-order valence-electron chi connectivity index (χ1n) is 8.45. The number of carbonyl (C=O) groups is 1. The average molecular weight is 319 g/mol. The molecule has 0 saturated carbocycles. The number of carbonyl (C=O) groups excluding carboxylic acids is 1. The van der Waals surface area contributed by atoms with Crippen LogP contribution >= 0.6 is 0 Å². The molecule has 2 aromatic carbocycles. The van der Waals surface area contributed by atoms with Crippen molar-refractivity contribution in [3.8, 4) is 0 Å². The molecule has 0 saturated heterocycles. The van der Waals surface area contributed by atoms with Gasteiger partial charge in [-0.05, 0) is 31.5 Å². The summed E-state index contributed by atoms with van der Waals surface area (Å²) in [5.74, 6) is 0.0916. The van der Waals surface area contributed by atoms with E-state index in [2.05, 4.69) is 36.3 Å². The van der Waals surface area contributed by atoms with Gasteiger partial charge in [0.1, 0.15) is 6.17 Å². The molecule has 0 unspecified atom stereocenters. The summed E-state index contributed by atoms with van der Waals surface area (Å²) in [4.78, 5) is 18.4. The standard InChI is InChI=1S/C20H21N3O/c1-3-13(2)23-19(16-12-21-17-10-6-4-8-14(16)17)22-18-11-7-5-9-15(18)20(23)24/h4-13,19,21-22H,3H2,1-2H3/t13-,19+/m0/s1. The highest BCUT2D eigenvalue weighted by Gasteiger charge is 2.36. The number of para-hydroxylation sites is 2. The highest BCUT2D eigenvalue weighted by Crippen LogP contribution is 2.37. The molecule has 1 aromatic heterocycles. The van der Waals surface area contributed by atoms with E-state index < -0.39 is 0 Å². The Kier molecular flexibility index (Phi) is 3.53. The Morgan fingerprint density at radius 2 is 1.88 bits per heavy atom. The van der Waals surface area contributed by atoms with Crippen molar-refractivity contribution in [2.24, 2.45) is 0 Å². The summed E-state index contributed by atoms with van der Waals surface area (Å²) in [5.41, 5.74) is 3.84. The predicted molar refractivity (Wildman–Crippen MR) is 97.0 cm³/mol. The summed E-state index contributed by atoms with van der Waals surface area (Å²) in [5, 5.41) is 4.72. The molecule has 1 amide bonds. The molecule has 0 fully saturated rings. The van der Waals surface area contributed by atoms with Gasteiger partial charge in [0.05, 0.1) is 5.56 Å². The van der Waals surface area contributed by atoms with E-state index in [1.54, 1.807) is 0 Å². The molecule has 4 nitrogen and oxygen atoms in total. The molecule has 0 spiro atoms. The quantitative estimate of drug-likeness (QED) is 0.745. The molecule has 3 aromatic rings. The lowest BCUT2D eigenvalue weighted by atomic mass is 10.0. The van der Waals surface area contributed by atoms with Gasteiger partial charge >= 0.3 is 0 Å². The minimum absolute atomic E-state index is 0.0916. The maximum Gasteiger partial charge on any atom is 0.258 e. The van der Waals surface area contributed by atoms with Crippen LogP contribution in [0.1, 0.15) is 42.4 Å². The first kappa shape index (κ1) is 14.8. The third-order valence-electron chi connectivity index (χ3n) is 4.94. The molecule has 4 rings (SSSR count). The van der Waals surface area contributed by atoms with Crippen LogP contribution in [0.15, 0.2) is 54.7 Å². The van der Waals surface area contributed by atoms with Gasteiger partial charge in [-0.15, -0.1) is 0 Å². The van der Waals surface area contributed by atoms with Gasteiger partial charge in [-0.3, -0.25) is 4.79 Å². The summed E-state index contributed by atoms with van der Waals surface area (Å²) in [6.45, 7) is 4.22. The zero-order valence-corrected chi connectivity index (χ0v) is 13.9. The Morgan fingerprint density at radius 1 is 1.12 bits per heavy atom. The van der Waals surface area contributed by atoms with Gasteiger partial charge in [-0.2, -0.15) is 0 Å². The van der Waals surface area contributed by atoms with Crippen molar-refractivity contribution in [3.05, 3.63) is 65.9 Å². The number of aromatic nitrogens is 1. The molecule has 2 heterocycles. The fraction of sp³-hybridized carbons (Fsp3) is 0.250. The second kappa shape index (κ2) is 5.71. The Labute approximate surface area is 141 Å². The van der Waals surface area contributed by atoms with Crippen LogP contribution in [0.5, 0.6) is 0 Å². The third kappa shape index (κ3) is 2.18. The maximum absolute atomic E-state index is 13.1. The highest BCUT2D eigenvalue weighted by molar-refractivity contribution is 6.02. The van der Waals surface area contributed by atoms with E-state index >= 15 is 0 Å². The fourth-order valence-electron chi connectivity index (χ4n) is 3.47. The van der Waals surface area contributed by atoms with Crippen LogP contribution in [0.25, 0.3) is 10.9 Å². The summed E-state index contributed by atoms with van der Waals surface area (Å²) < 4.78 is 0. The molecule has 0 radical (unpaired) electrons. The van der Waals surface area contributed by atoms with E-state index in [4.69, 9.17) is 0 Å². The zero-order valence-electron chi connectivity index (χ0n) is 13.9. The lowest BCUT2D eigenvalue weighted by molar-refractivity contribution is 0.0595. The van der Waals surface area contributed by atoms with Crippen LogP contribution in [0.3, 0.4) is 0 Å². The summed E-state index contributed by atoms with van der Waals surface area (Å²) in [7, 11) is 0. The molecule has 2 atom stereocenters. The van der Waals surface area contributed by atoms with Gasteiger partial charge in [-0.1, -0.05) is 37.3 Å². The monoisotopic (exact) mass is 319 g/mol. The number of anilines is 1. The van der Waals surface area contributed by atoms with Gasteiger partial charge in [0.25, 0.3) is 5.91 Å². The molecule has 24 heavy (non-hydrogen) atoms. The van der Waals surface area contributed by atoms with Crippen molar-refractivity contribution >= 4 is 22.5 Å². The molecule has 1 aliphatic rings. The van der Waals surface area contributed by atoms with E-state index in [0.29, 0.717) is 0 Å². The highest BCUT2D eigenvalue weighted by atomic mass is 16.2. The maximum atomic E-state index is 13.1. The van der Waals surface area contributed by atoms with E-state index in [0.717, 1.165) is 34.1 Å². The normalized spacial score (nSPS) is 18.3. The van der Waals surface area contributed by atoms with Crippen LogP contribution in [-0.4, -0.2) is 21.8 Å². The first-order chi connectivity index (χ1) is 11.7. The molecular formula is C20H21N3O. The summed E-state index contributed by atoms with van der Waals surface area (Å²) in [6, 6.07) is 16.1. The molecule has 122 valence electrons. The Bertz CT molecular complexity index is 899. The van der Waals surface area contributed by atoms with Gasteiger partial charge in [-0.25, -0.2) is 0 Å². The van der Waals surface area contributed by atoms with Gasteiger partial charge in [0, 0.05) is 34.4 Å². The Hall–Kier alpha value is -2.75. The predicted octanol–water partition coefficient (Wildman–Crippen LogP) is 4.53. The molecule has 0 aliphatic carbocycles. The number of hydrogen-bond acceptors (Lipinski definition) is 2. The van der Waals surface area contributed by atoms with Crippen LogP contribution < -0.4 is 5.32 Å². The van der Waals surface area contributed by atoms with Crippen LogP contribution in [0.2, 0.25) is 0 Å². The molecular weight excluding hydrogens is 298 g/mol. The first-order valence-corrected chi connectivity index (χ1v) is 8.45. The number of nitrogens with one attached hydrogen (secondary N) is 2. The molecule has 1 aliphatic heterocycles. The van der Waals surface area contributed by atoms with E-state index in [9.17, 15) is 4.79 Å². The number of nitrogens with zero attached hydrogens (tertiary/aromatic N) is 1. The second-order valence-corrected chi connectivity index (χ2v) is 6.35. The SMILES string of the molecule is CC[C@H](C)N1C(=O)c2ccccc2N[C@H]1c1c[nH]c2ccccc12. The van der Waals surface area contributed by atoms with E-state index in [-0.39, 0.29) is 18.1 Å². The van der Waals surface area contributed by atoms with Crippen LogP contribution in [0, 0.1) is 0 Å². The van der Waals surface area contributed by atoms with Crippen molar-refractivity contribution in [1.82, 2.24) is 9.88 Å². The number of hydrogen-bond donors (Lipinski definition) is 2. The molecule has 2 N–H and O–H groups in total. The van der Waals surface area contributed by atoms with Crippen LogP contribution in [-0.2, 0) is 0 Å². The lowest BCUT2D eigenvalue weighted by Gasteiger charge is -2.41. The summed E-state index contributed by atoms with van der Waals surface area (Å²) in [6.07, 6.45) is 2.76. The smallest absolute Gasteiger partial charge is 0.258 e. The van der Waals surface area contributed by atoms with Gasteiger partial charge < -0.3 is 15.2 Å². The van der Waals surface area contributed by atoms with Crippen molar-refractivity contribution < 1.29 is 4.79 Å². The number of fused-ring (bicyclic) bond motifs is 2. The minimum Gasteiger partial charge on any atom is -0.361 e. The van der Waals surface area contributed by atoms with Gasteiger partial charge in [0.2, 0.25) is 0 Å². The van der Waals surface area contributed by atoms with Gasteiger partial charge in [0.15, 0.2) is 0 Å². The Morgan fingerprint density at radius 3 is 2.71 bits per heavy atom. The number of benzene rings is 2. The number of amides is 1. The van der Waals surface area contributed by atoms with Crippen LogP contribution in [0.4, 0.5) is 5.69 Å². The largest absolute Gasteiger partial charge is 0.361 e. The summed E-state index contributed by atoms with van der Waals surface area (Å²) >= 11 is 0. The third-order valence-corrected chi connectivity index (χ3v) is 4.94. The fourth-order valence-corrected chi connectivity index (χ4v) is 3.47. The van der Waals surface area contributed by atoms with E-state index in [1.165, 1.54) is 0 Å². The van der Waals surface area contributed by atoms with Crippen molar-refractivity contribution in [3.63, 3.8) is 0 Å². The lowest BCUT2D eigenvalue weighted by Crippen LogP contribution is -2.47. The average Bonchev–Trinajstić information content (AvgIpc) is 3.05. The van der Waals surface area contributed by atoms with Crippen molar-refractivity contribution in [2.75, 3.05) is 5.32 Å². The van der Waals surface area contributed by atoms with E-state index in [1.807, 2.05) is 47.5 Å². The topological polar surface area (TPSA) is 48.1 Å². The zero-order chi connectivity index (χ0) is 16.7. The number of H-pyrrole nitrogens is 1. The van der Waals surface area contributed by atoms with Crippen molar-refractivity contribution in [2.45, 2.75) is 32.5 Å². The number of rotatable bonds is 3. The molecule has 4 heteroatoms. The minimum atomic E-state index is -0.168. The van der Waals surface area contributed by atoms with Crippen molar-refractivity contribution in [1.29, 1.82) is 0 Å². The second-order valence-electron chi connectivity index (χ2n) is 6.35. The molecule has 0 bridgehead atoms.